The number of rotatable bonds is 4. The first kappa shape index (κ1) is 11.1. The fraction of sp³-hybridized carbons (Fsp3) is 0.455. The van der Waals surface area contributed by atoms with Gasteiger partial charge in [0.1, 0.15) is 11.6 Å². The van der Waals surface area contributed by atoms with Crippen LogP contribution in [0.1, 0.15) is 37.8 Å². The summed E-state index contributed by atoms with van der Waals surface area (Å²) in [4.78, 5) is 0. The second-order valence-corrected chi connectivity index (χ2v) is 3.45. The Morgan fingerprint density at radius 3 is 2.29 bits per heavy atom. The molecule has 0 bridgehead atoms. The molecule has 14 heavy (non-hydrogen) atoms. The van der Waals surface area contributed by atoms with Gasteiger partial charge in [0.15, 0.2) is 0 Å². The molecule has 1 atom stereocenters. The van der Waals surface area contributed by atoms with Crippen molar-refractivity contribution >= 4 is 0 Å². The minimum absolute atomic E-state index is 0.264. The smallest absolute Gasteiger partial charge is 0.126 e. The van der Waals surface area contributed by atoms with Crippen LogP contribution in [0.15, 0.2) is 18.2 Å². The van der Waals surface area contributed by atoms with Crippen LogP contribution in [0.25, 0.3) is 0 Å². The molecule has 1 aromatic rings. The van der Waals surface area contributed by atoms with Crippen molar-refractivity contribution in [3.63, 3.8) is 0 Å². The molecule has 1 rings (SSSR count). The van der Waals surface area contributed by atoms with Gasteiger partial charge >= 0.3 is 0 Å². The molecular formula is C11H15F2N. The maximum atomic E-state index is 12.8. The first-order valence-corrected chi connectivity index (χ1v) is 4.85. The Kier molecular flexibility index (Phi) is 4.01. The Morgan fingerprint density at radius 1 is 1.21 bits per heavy atom. The monoisotopic (exact) mass is 199 g/mol. The summed E-state index contributed by atoms with van der Waals surface area (Å²) in [5.41, 5.74) is 6.32. The molecule has 2 N–H and O–H groups in total. The quantitative estimate of drug-likeness (QED) is 0.792. The normalized spacial score (nSPS) is 12.9. The summed E-state index contributed by atoms with van der Waals surface area (Å²) in [6.07, 6.45) is 2.77. The topological polar surface area (TPSA) is 26.0 Å². The van der Waals surface area contributed by atoms with Crippen molar-refractivity contribution in [2.45, 2.75) is 32.2 Å². The molecule has 3 heteroatoms. The minimum atomic E-state index is -0.563. The maximum absolute atomic E-state index is 12.8. The Labute approximate surface area is 82.9 Å². The van der Waals surface area contributed by atoms with Crippen molar-refractivity contribution < 1.29 is 8.78 Å². The predicted octanol–water partition coefficient (Wildman–Crippen LogP) is 3.15. The van der Waals surface area contributed by atoms with Crippen LogP contribution >= 0.6 is 0 Å². The van der Waals surface area contributed by atoms with Crippen LogP contribution in [0, 0.1) is 11.6 Å². The predicted molar refractivity (Wildman–Crippen MR) is 52.8 cm³/mol. The molecule has 0 aliphatic heterocycles. The largest absolute Gasteiger partial charge is 0.324 e. The van der Waals surface area contributed by atoms with Crippen molar-refractivity contribution in [3.05, 3.63) is 35.4 Å². The van der Waals surface area contributed by atoms with Crippen LogP contribution in [0.5, 0.6) is 0 Å². The van der Waals surface area contributed by atoms with Crippen LogP contribution < -0.4 is 5.73 Å². The summed E-state index contributed by atoms with van der Waals surface area (Å²) < 4.78 is 25.6. The van der Waals surface area contributed by atoms with Gasteiger partial charge in [-0.1, -0.05) is 19.8 Å². The zero-order chi connectivity index (χ0) is 10.6. The van der Waals surface area contributed by atoms with E-state index in [1.54, 1.807) is 0 Å². The molecule has 0 aliphatic carbocycles. The highest BCUT2D eigenvalue weighted by atomic mass is 19.1. The van der Waals surface area contributed by atoms with E-state index in [4.69, 9.17) is 5.73 Å². The van der Waals surface area contributed by atoms with Gasteiger partial charge in [0.2, 0.25) is 0 Å². The lowest BCUT2D eigenvalue weighted by molar-refractivity contribution is 0.559. The van der Waals surface area contributed by atoms with Crippen molar-refractivity contribution in [1.82, 2.24) is 0 Å². The molecule has 0 aromatic heterocycles. The zero-order valence-electron chi connectivity index (χ0n) is 8.26. The highest BCUT2D eigenvalue weighted by Crippen LogP contribution is 2.18. The molecule has 0 heterocycles. The van der Waals surface area contributed by atoms with Crippen molar-refractivity contribution in [2.24, 2.45) is 5.73 Å². The van der Waals surface area contributed by atoms with Crippen LogP contribution in [0.2, 0.25) is 0 Å². The molecule has 0 amide bonds. The van der Waals surface area contributed by atoms with E-state index in [-0.39, 0.29) is 6.04 Å². The summed E-state index contributed by atoms with van der Waals surface area (Å²) in [7, 11) is 0. The van der Waals surface area contributed by atoms with E-state index in [0.717, 1.165) is 25.3 Å². The molecule has 0 fully saturated rings. The van der Waals surface area contributed by atoms with E-state index in [1.165, 1.54) is 12.1 Å². The fourth-order valence-corrected chi connectivity index (χ4v) is 1.38. The lowest BCUT2D eigenvalue weighted by Crippen LogP contribution is -2.10. The molecule has 1 unspecified atom stereocenters. The van der Waals surface area contributed by atoms with Gasteiger partial charge in [0.05, 0.1) is 0 Å². The average molecular weight is 199 g/mol. The Morgan fingerprint density at radius 2 is 1.79 bits per heavy atom. The molecule has 0 radical (unpaired) electrons. The van der Waals surface area contributed by atoms with Crippen molar-refractivity contribution in [1.29, 1.82) is 0 Å². The lowest BCUT2D eigenvalue weighted by Gasteiger charge is -2.11. The number of benzene rings is 1. The van der Waals surface area contributed by atoms with Crippen LogP contribution in [-0.4, -0.2) is 0 Å². The number of hydrogen-bond acceptors (Lipinski definition) is 1. The van der Waals surface area contributed by atoms with E-state index in [1.807, 2.05) is 0 Å². The van der Waals surface area contributed by atoms with E-state index in [0.29, 0.717) is 5.56 Å². The van der Waals surface area contributed by atoms with E-state index >= 15 is 0 Å². The van der Waals surface area contributed by atoms with Gasteiger partial charge in [-0.2, -0.15) is 0 Å². The number of halogens is 2. The second kappa shape index (κ2) is 5.05. The maximum Gasteiger partial charge on any atom is 0.126 e. The number of hydrogen-bond donors (Lipinski definition) is 1. The third-order valence-corrected chi connectivity index (χ3v) is 2.18. The van der Waals surface area contributed by atoms with Gasteiger partial charge in [-0.05, 0) is 24.1 Å². The van der Waals surface area contributed by atoms with E-state index < -0.39 is 11.6 Å². The zero-order valence-corrected chi connectivity index (χ0v) is 8.26. The average Bonchev–Trinajstić information content (AvgIpc) is 2.12. The molecule has 1 aromatic carbocycles. The molecule has 0 saturated heterocycles. The minimum Gasteiger partial charge on any atom is -0.324 e. The fourth-order valence-electron chi connectivity index (χ4n) is 1.38. The first-order valence-electron chi connectivity index (χ1n) is 4.85. The first-order chi connectivity index (χ1) is 6.63. The van der Waals surface area contributed by atoms with Gasteiger partial charge in [0, 0.05) is 12.1 Å². The Balaban J connectivity index is 2.73. The van der Waals surface area contributed by atoms with Crippen molar-refractivity contribution in [3.8, 4) is 0 Å². The van der Waals surface area contributed by atoms with E-state index in [2.05, 4.69) is 6.92 Å². The molecule has 0 spiro atoms. The highest BCUT2D eigenvalue weighted by Gasteiger charge is 2.08. The Bertz CT molecular complexity index is 279. The van der Waals surface area contributed by atoms with Crippen LogP contribution in [0.3, 0.4) is 0 Å². The Hall–Kier alpha value is -0.960. The van der Waals surface area contributed by atoms with Gasteiger partial charge < -0.3 is 5.73 Å². The van der Waals surface area contributed by atoms with Gasteiger partial charge in [0.25, 0.3) is 0 Å². The van der Waals surface area contributed by atoms with Crippen molar-refractivity contribution in [2.75, 3.05) is 0 Å². The van der Waals surface area contributed by atoms with Crippen LogP contribution in [0.4, 0.5) is 8.78 Å². The molecular weight excluding hydrogens is 184 g/mol. The van der Waals surface area contributed by atoms with Crippen LogP contribution in [-0.2, 0) is 0 Å². The SMILES string of the molecule is CCCCC(N)c1cc(F)cc(F)c1. The standard InChI is InChI=1S/C11H15F2N/c1-2-3-4-11(14)8-5-9(12)7-10(13)6-8/h5-7,11H,2-4,14H2,1H3. The summed E-state index contributed by atoms with van der Waals surface area (Å²) >= 11 is 0. The molecule has 0 aliphatic rings. The molecule has 78 valence electrons. The second-order valence-electron chi connectivity index (χ2n) is 3.45. The van der Waals surface area contributed by atoms with Gasteiger partial charge in [-0.25, -0.2) is 8.78 Å². The summed E-state index contributed by atoms with van der Waals surface area (Å²) in [5.74, 6) is -1.13. The third-order valence-electron chi connectivity index (χ3n) is 2.18. The number of unbranched alkanes of at least 4 members (excludes halogenated alkanes) is 1. The molecule has 0 saturated carbocycles. The number of nitrogens with two attached hydrogens (primary N) is 1. The summed E-state index contributed by atoms with van der Waals surface area (Å²) in [6, 6.07) is 3.18. The van der Waals surface area contributed by atoms with Gasteiger partial charge in [-0.3, -0.25) is 0 Å². The van der Waals surface area contributed by atoms with E-state index in [9.17, 15) is 8.78 Å². The summed E-state index contributed by atoms with van der Waals surface area (Å²) in [6.45, 7) is 2.05. The third kappa shape index (κ3) is 3.07. The lowest BCUT2D eigenvalue weighted by atomic mass is 10.0. The summed E-state index contributed by atoms with van der Waals surface area (Å²) in [5, 5.41) is 0. The molecule has 1 nitrogen and oxygen atoms in total. The van der Waals surface area contributed by atoms with Gasteiger partial charge in [-0.15, -0.1) is 0 Å². The highest BCUT2D eigenvalue weighted by molar-refractivity contribution is 5.20.